The van der Waals surface area contributed by atoms with Crippen LogP contribution in [0.5, 0.6) is 0 Å². The van der Waals surface area contributed by atoms with Gasteiger partial charge in [0.05, 0.1) is 17.4 Å². The minimum atomic E-state index is 0.138. The van der Waals surface area contributed by atoms with E-state index in [1.165, 1.54) is 11.3 Å². The monoisotopic (exact) mass is 301 g/mol. The molecule has 1 aromatic rings. The van der Waals surface area contributed by atoms with Crippen molar-refractivity contribution in [2.24, 2.45) is 5.73 Å². The van der Waals surface area contributed by atoms with Gasteiger partial charge in [-0.3, -0.25) is 9.69 Å². The second-order valence-corrected chi connectivity index (χ2v) is 6.89. The van der Waals surface area contributed by atoms with Gasteiger partial charge in [-0.25, -0.2) is 0 Å². The lowest BCUT2D eigenvalue weighted by Gasteiger charge is -2.31. The number of piperidine rings is 1. The van der Waals surface area contributed by atoms with E-state index < -0.39 is 0 Å². The Kier molecular flexibility index (Phi) is 5.21. The van der Waals surface area contributed by atoms with Gasteiger partial charge in [0.25, 0.3) is 0 Å². The van der Waals surface area contributed by atoms with Crippen molar-refractivity contribution in [1.29, 1.82) is 0 Å². The van der Waals surface area contributed by atoms with E-state index in [-0.39, 0.29) is 11.9 Å². The van der Waals surface area contributed by atoms with Gasteiger partial charge in [-0.2, -0.15) is 0 Å². The zero-order valence-corrected chi connectivity index (χ0v) is 12.7. The summed E-state index contributed by atoms with van der Waals surface area (Å²) in [5.41, 5.74) is 5.92. The van der Waals surface area contributed by atoms with Crippen molar-refractivity contribution in [3.63, 3.8) is 0 Å². The van der Waals surface area contributed by atoms with Gasteiger partial charge < -0.3 is 10.6 Å². The molecule has 0 bridgehead atoms. The molecule has 0 radical (unpaired) electrons. The predicted molar refractivity (Wildman–Crippen MR) is 79.5 cm³/mol. The Hall–Kier alpha value is -0.620. The van der Waals surface area contributed by atoms with Gasteiger partial charge in [-0.1, -0.05) is 11.6 Å². The molecular weight excluding hydrogens is 282 g/mol. The quantitative estimate of drug-likeness (QED) is 0.922. The van der Waals surface area contributed by atoms with E-state index in [1.54, 1.807) is 4.90 Å². The van der Waals surface area contributed by atoms with Crippen LogP contribution in [0.4, 0.5) is 0 Å². The first kappa shape index (κ1) is 14.8. The van der Waals surface area contributed by atoms with Crippen molar-refractivity contribution in [3.8, 4) is 0 Å². The van der Waals surface area contributed by atoms with E-state index in [1.807, 2.05) is 19.2 Å². The van der Waals surface area contributed by atoms with Crippen molar-refractivity contribution in [2.75, 3.05) is 26.7 Å². The highest BCUT2D eigenvalue weighted by molar-refractivity contribution is 7.16. The van der Waals surface area contributed by atoms with E-state index >= 15 is 0 Å². The Morgan fingerprint density at radius 1 is 1.63 bits per heavy atom. The molecule has 0 spiro atoms. The maximum atomic E-state index is 12.1. The molecule has 6 heteroatoms. The summed E-state index contributed by atoms with van der Waals surface area (Å²) in [5.74, 6) is 0.138. The number of nitrogens with two attached hydrogens (primary N) is 1. The van der Waals surface area contributed by atoms with Gasteiger partial charge in [0.15, 0.2) is 0 Å². The van der Waals surface area contributed by atoms with Gasteiger partial charge in [0.2, 0.25) is 5.91 Å². The number of thiophene rings is 1. The number of likely N-dealkylation sites (tertiary alicyclic amines) is 1. The standard InChI is InChI=1S/C13H20ClN3OS/c1-16(8-11-4-5-12(14)19-11)13(18)9-17-6-2-3-10(15)7-17/h4-5,10H,2-3,6-9,15H2,1H3/t10-/m1/s1. The predicted octanol–water partition coefficient (Wildman–Crippen LogP) is 1.78. The van der Waals surface area contributed by atoms with Gasteiger partial charge >= 0.3 is 0 Å². The molecule has 2 N–H and O–H groups in total. The van der Waals surface area contributed by atoms with Crippen LogP contribution in [0.3, 0.4) is 0 Å². The zero-order valence-electron chi connectivity index (χ0n) is 11.1. The van der Waals surface area contributed by atoms with Gasteiger partial charge in [-0.05, 0) is 31.5 Å². The second kappa shape index (κ2) is 6.70. The number of hydrogen-bond donors (Lipinski definition) is 1. The van der Waals surface area contributed by atoms with E-state index in [0.717, 1.165) is 35.1 Å². The van der Waals surface area contributed by atoms with Crippen molar-refractivity contribution in [1.82, 2.24) is 9.80 Å². The summed E-state index contributed by atoms with van der Waals surface area (Å²) < 4.78 is 0.762. The highest BCUT2D eigenvalue weighted by atomic mass is 35.5. The van der Waals surface area contributed by atoms with Crippen molar-refractivity contribution < 1.29 is 4.79 Å². The smallest absolute Gasteiger partial charge is 0.236 e. The number of rotatable bonds is 4. The summed E-state index contributed by atoms with van der Waals surface area (Å²) in [6.07, 6.45) is 2.15. The van der Waals surface area contributed by atoms with Gasteiger partial charge in [0, 0.05) is 24.5 Å². The molecule has 2 heterocycles. The Morgan fingerprint density at radius 3 is 3.05 bits per heavy atom. The molecule has 1 saturated heterocycles. The molecule has 0 unspecified atom stereocenters. The molecule has 0 aliphatic carbocycles. The molecule has 4 nitrogen and oxygen atoms in total. The minimum Gasteiger partial charge on any atom is -0.340 e. The SMILES string of the molecule is CN(Cc1ccc(Cl)s1)C(=O)CN1CCC[C@@H](N)C1. The van der Waals surface area contributed by atoms with Crippen LogP contribution >= 0.6 is 22.9 Å². The fraction of sp³-hybridized carbons (Fsp3) is 0.615. The summed E-state index contributed by atoms with van der Waals surface area (Å²) in [6, 6.07) is 4.04. The Labute approximate surface area is 123 Å². The molecular formula is C13H20ClN3OS. The third-order valence-electron chi connectivity index (χ3n) is 3.35. The lowest BCUT2D eigenvalue weighted by molar-refractivity contribution is -0.131. The molecule has 106 valence electrons. The van der Waals surface area contributed by atoms with E-state index in [2.05, 4.69) is 4.90 Å². The summed E-state index contributed by atoms with van der Waals surface area (Å²) in [5, 5.41) is 0. The normalized spacial score (nSPS) is 20.5. The largest absolute Gasteiger partial charge is 0.340 e. The Morgan fingerprint density at radius 2 is 2.42 bits per heavy atom. The maximum Gasteiger partial charge on any atom is 0.236 e. The third-order valence-corrected chi connectivity index (χ3v) is 4.56. The number of halogens is 1. The van der Waals surface area contributed by atoms with Crippen LogP contribution in [0.2, 0.25) is 4.34 Å². The van der Waals surface area contributed by atoms with Crippen LogP contribution in [-0.4, -0.2) is 48.4 Å². The molecule has 1 aliphatic heterocycles. The highest BCUT2D eigenvalue weighted by Gasteiger charge is 2.20. The number of carbonyl (C=O) groups is 1. The summed E-state index contributed by atoms with van der Waals surface area (Å²) >= 11 is 7.41. The van der Waals surface area contributed by atoms with E-state index in [4.69, 9.17) is 17.3 Å². The van der Waals surface area contributed by atoms with Gasteiger partial charge in [-0.15, -0.1) is 11.3 Å². The highest BCUT2D eigenvalue weighted by Crippen LogP contribution is 2.22. The number of likely N-dealkylation sites (N-methyl/N-ethyl adjacent to an activating group) is 1. The second-order valence-electron chi connectivity index (χ2n) is 5.09. The summed E-state index contributed by atoms with van der Waals surface area (Å²) in [6.45, 7) is 2.88. The Bertz CT molecular complexity index is 437. The number of hydrogen-bond acceptors (Lipinski definition) is 4. The summed E-state index contributed by atoms with van der Waals surface area (Å²) in [7, 11) is 1.83. The first-order valence-corrected chi connectivity index (χ1v) is 7.70. The number of carbonyl (C=O) groups excluding carboxylic acids is 1. The molecule has 19 heavy (non-hydrogen) atoms. The fourth-order valence-corrected chi connectivity index (χ4v) is 3.45. The zero-order chi connectivity index (χ0) is 13.8. The molecule has 1 aromatic heterocycles. The fourth-order valence-electron chi connectivity index (χ4n) is 2.31. The average molecular weight is 302 g/mol. The van der Waals surface area contributed by atoms with Crippen LogP contribution in [0, 0.1) is 0 Å². The Balaban J connectivity index is 1.81. The minimum absolute atomic E-state index is 0.138. The van der Waals surface area contributed by atoms with Crippen LogP contribution < -0.4 is 5.73 Å². The third kappa shape index (κ3) is 4.45. The van der Waals surface area contributed by atoms with Crippen molar-refractivity contribution in [2.45, 2.75) is 25.4 Å². The van der Waals surface area contributed by atoms with Crippen LogP contribution in [0.25, 0.3) is 0 Å². The number of amides is 1. The summed E-state index contributed by atoms with van der Waals surface area (Å²) in [4.78, 5) is 17.2. The van der Waals surface area contributed by atoms with Gasteiger partial charge in [0.1, 0.15) is 0 Å². The molecule has 0 aromatic carbocycles. The first-order chi connectivity index (χ1) is 9.04. The number of nitrogens with zero attached hydrogens (tertiary/aromatic N) is 2. The van der Waals surface area contributed by atoms with Crippen molar-refractivity contribution in [3.05, 3.63) is 21.3 Å². The molecule has 1 amide bonds. The van der Waals surface area contributed by atoms with Crippen LogP contribution in [0.1, 0.15) is 17.7 Å². The average Bonchev–Trinajstić information content (AvgIpc) is 2.74. The lowest BCUT2D eigenvalue weighted by atomic mass is 10.1. The maximum absolute atomic E-state index is 12.1. The molecule has 1 atom stereocenters. The van der Waals surface area contributed by atoms with E-state index in [0.29, 0.717) is 13.1 Å². The molecule has 1 aliphatic rings. The van der Waals surface area contributed by atoms with Crippen LogP contribution in [-0.2, 0) is 11.3 Å². The molecule has 2 rings (SSSR count). The van der Waals surface area contributed by atoms with Crippen molar-refractivity contribution >= 4 is 28.8 Å². The van der Waals surface area contributed by atoms with Crippen LogP contribution in [0.15, 0.2) is 12.1 Å². The lowest BCUT2D eigenvalue weighted by Crippen LogP contribution is -2.47. The molecule has 1 fully saturated rings. The van der Waals surface area contributed by atoms with E-state index in [9.17, 15) is 4.79 Å². The topological polar surface area (TPSA) is 49.6 Å². The first-order valence-electron chi connectivity index (χ1n) is 6.50. The molecule has 0 saturated carbocycles.